The maximum atomic E-state index is 13.4. The summed E-state index contributed by atoms with van der Waals surface area (Å²) in [4.78, 5) is 11.2. The van der Waals surface area contributed by atoms with Crippen LogP contribution in [0.1, 0.15) is 34.6 Å². The predicted molar refractivity (Wildman–Crippen MR) is 67.0 cm³/mol. The van der Waals surface area contributed by atoms with E-state index in [0.717, 1.165) is 25.0 Å². The van der Waals surface area contributed by atoms with Crippen molar-refractivity contribution in [2.45, 2.75) is 25.7 Å². The molecular weight excluding hydrogens is 285 g/mol. The second-order valence-electron chi connectivity index (χ2n) is 4.92. The van der Waals surface area contributed by atoms with Crippen LogP contribution >= 0.6 is 0 Å². The van der Waals surface area contributed by atoms with Crippen LogP contribution in [0.4, 0.5) is 13.2 Å². The Morgan fingerprint density at radius 1 is 1.14 bits per heavy atom. The molecule has 7 heteroatoms. The number of nitrogens with zero attached hydrogens (tertiary/aromatic N) is 2. The maximum absolute atomic E-state index is 13.4. The van der Waals surface area contributed by atoms with Gasteiger partial charge in [0.05, 0.1) is 5.69 Å². The van der Waals surface area contributed by atoms with Crippen LogP contribution in [-0.2, 0) is 12.8 Å². The van der Waals surface area contributed by atoms with E-state index in [1.807, 2.05) is 0 Å². The Bertz CT molecular complexity index is 717. The van der Waals surface area contributed by atoms with Gasteiger partial charge in [-0.1, -0.05) is 0 Å². The highest BCUT2D eigenvalue weighted by atomic mass is 19.2. The molecule has 21 heavy (non-hydrogen) atoms. The lowest BCUT2D eigenvalue weighted by Gasteiger charge is -2.14. The summed E-state index contributed by atoms with van der Waals surface area (Å²) in [5.74, 6) is -5.41. The van der Waals surface area contributed by atoms with Gasteiger partial charge in [-0.05, 0) is 25.7 Å². The lowest BCUT2D eigenvalue weighted by Crippen LogP contribution is -2.09. The third kappa shape index (κ3) is 2.18. The summed E-state index contributed by atoms with van der Waals surface area (Å²) in [6.45, 7) is 0. The molecule has 0 radical (unpaired) electrons. The summed E-state index contributed by atoms with van der Waals surface area (Å²) in [6.07, 6.45) is 2.80. The number of fused-ring (bicyclic) bond motifs is 1. The minimum absolute atomic E-state index is 0.0166. The van der Waals surface area contributed by atoms with Gasteiger partial charge in [-0.15, -0.1) is 0 Å². The molecule has 0 aliphatic heterocycles. The monoisotopic (exact) mass is 296 g/mol. The highest BCUT2D eigenvalue weighted by Gasteiger charge is 2.26. The van der Waals surface area contributed by atoms with Crippen LogP contribution < -0.4 is 0 Å². The van der Waals surface area contributed by atoms with Gasteiger partial charge in [0.2, 0.25) is 0 Å². The third-order valence-corrected chi connectivity index (χ3v) is 3.60. The number of carboxylic acids is 1. The quantitative estimate of drug-likeness (QED) is 0.867. The summed E-state index contributed by atoms with van der Waals surface area (Å²) in [6, 6.07) is 1.62. The van der Waals surface area contributed by atoms with E-state index in [9.17, 15) is 23.1 Å². The van der Waals surface area contributed by atoms with E-state index in [2.05, 4.69) is 5.10 Å². The van der Waals surface area contributed by atoms with Gasteiger partial charge in [0, 0.05) is 23.4 Å². The Balaban J connectivity index is 2.21. The molecular formula is C14H11F3N2O2. The zero-order valence-electron chi connectivity index (χ0n) is 10.9. The van der Waals surface area contributed by atoms with Crippen molar-refractivity contribution in [1.29, 1.82) is 0 Å². The van der Waals surface area contributed by atoms with E-state index in [1.54, 1.807) is 0 Å². The van der Waals surface area contributed by atoms with E-state index in [1.165, 1.54) is 4.68 Å². The van der Waals surface area contributed by atoms with E-state index in [4.69, 9.17) is 0 Å². The first-order valence-electron chi connectivity index (χ1n) is 6.48. The molecule has 1 aromatic heterocycles. The van der Waals surface area contributed by atoms with E-state index in [-0.39, 0.29) is 11.4 Å². The van der Waals surface area contributed by atoms with Crippen LogP contribution in [0.3, 0.4) is 0 Å². The summed E-state index contributed by atoms with van der Waals surface area (Å²) >= 11 is 0. The van der Waals surface area contributed by atoms with Crippen molar-refractivity contribution < 1.29 is 23.1 Å². The predicted octanol–water partition coefficient (Wildman–Crippen LogP) is 2.87. The highest BCUT2D eigenvalue weighted by Crippen LogP contribution is 2.28. The van der Waals surface area contributed by atoms with Gasteiger partial charge >= 0.3 is 5.97 Å². The van der Waals surface area contributed by atoms with Gasteiger partial charge < -0.3 is 5.11 Å². The summed E-state index contributed by atoms with van der Waals surface area (Å²) in [5.41, 5.74) is 1.06. The number of hydrogen-bond acceptors (Lipinski definition) is 2. The number of carboxylic acid groups (broad SMARTS) is 1. The molecule has 0 fully saturated rings. The first-order chi connectivity index (χ1) is 9.99. The number of hydrogen-bond donors (Lipinski definition) is 1. The Morgan fingerprint density at radius 2 is 1.76 bits per heavy atom. The van der Waals surface area contributed by atoms with Crippen molar-refractivity contribution in [3.05, 3.63) is 46.5 Å². The van der Waals surface area contributed by atoms with Crippen molar-refractivity contribution in [3.63, 3.8) is 0 Å². The SMILES string of the molecule is O=C(O)c1nn(-c2cc(F)c(F)c(F)c2)c2c1CCCC2. The normalized spacial score (nSPS) is 14.0. The first kappa shape index (κ1) is 13.7. The molecule has 0 atom stereocenters. The number of halogens is 3. The number of benzene rings is 1. The van der Waals surface area contributed by atoms with Crippen LogP contribution in [0.5, 0.6) is 0 Å². The Labute approximate surface area is 117 Å². The van der Waals surface area contributed by atoms with E-state index >= 15 is 0 Å². The second-order valence-corrected chi connectivity index (χ2v) is 4.92. The molecule has 1 N–H and O–H groups in total. The molecule has 0 unspecified atom stereocenters. The van der Waals surface area contributed by atoms with E-state index in [0.29, 0.717) is 24.1 Å². The average molecular weight is 296 g/mol. The number of aromatic nitrogens is 2. The van der Waals surface area contributed by atoms with Crippen molar-refractivity contribution in [2.75, 3.05) is 0 Å². The molecule has 1 aliphatic carbocycles. The maximum Gasteiger partial charge on any atom is 0.356 e. The smallest absolute Gasteiger partial charge is 0.356 e. The topological polar surface area (TPSA) is 55.1 Å². The molecule has 1 aromatic carbocycles. The van der Waals surface area contributed by atoms with Crippen LogP contribution in [0.25, 0.3) is 5.69 Å². The fraction of sp³-hybridized carbons (Fsp3) is 0.286. The molecule has 3 rings (SSSR count). The number of aromatic carboxylic acids is 1. The first-order valence-corrected chi connectivity index (χ1v) is 6.48. The molecule has 0 saturated carbocycles. The van der Waals surface area contributed by atoms with Gasteiger partial charge in [-0.25, -0.2) is 22.6 Å². The molecule has 2 aromatic rings. The lowest BCUT2D eigenvalue weighted by atomic mass is 9.95. The zero-order chi connectivity index (χ0) is 15.1. The van der Waals surface area contributed by atoms with Crippen LogP contribution in [0.2, 0.25) is 0 Å². The molecule has 0 saturated heterocycles. The third-order valence-electron chi connectivity index (χ3n) is 3.60. The van der Waals surface area contributed by atoms with Gasteiger partial charge in [0.25, 0.3) is 0 Å². The molecule has 4 nitrogen and oxygen atoms in total. The molecule has 1 heterocycles. The van der Waals surface area contributed by atoms with E-state index < -0.39 is 23.4 Å². The minimum atomic E-state index is -1.56. The Kier molecular flexibility index (Phi) is 3.19. The summed E-state index contributed by atoms with van der Waals surface area (Å²) < 4.78 is 40.9. The number of rotatable bonds is 2. The average Bonchev–Trinajstić information content (AvgIpc) is 2.84. The van der Waals surface area contributed by atoms with Gasteiger partial charge in [-0.2, -0.15) is 5.10 Å². The molecule has 110 valence electrons. The van der Waals surface area contributed by atoms with Crippen molar-refractivity contribution >= 4 is 5.97 Å². The van der Waals surface area contributed by atoms with Crippen LogP contribution in [0.15, 0.2) is 12.1 Å². The Hall–Kier alpha value is -2.31. The molecule has 0 spiro atoms. The van der Waals surface area contributed by atoms with Gasteiger partial charge in [0.15, 0.2) is 23.1 Å². The van der Waals surface area contributed by atoms with Crippen LogP contribution in [-0.4, -0.2) is 20.9 Å². The number of carbonyl (C=O) groups is 1. The lowest BCUT2D eigenvalue weighted by molar-refractivity contribution is 0.0688. The standard InChI is InChI=1S/C14H11F3N2O2/c15-9-5-7(6-10(16)12(9)17)19-11-4-2-1-3-8(11)13(18-19)14(20)21/h5-6H,1-4H2,(H,20,21). The fourth-order valence-corrected chi connectivity index (χ4v) is 2.65. The van der Waals surface area contributed by atoms with Gasteiger partial charge in [0.1, 0.15) is 0 Å². The fourth-order valence-electron chi connectivity index (χ4n) is 2.65. The largest absolute Gasteiger partial charge is 0.476 e. The summed E-state index contributed by atoms with van der Waals surface area (Å²) in [5, 5.41) is 13.1. The van der Waals surface area contributed by atoms with Crippen molar-refractivity contribution in [1.82, 2.24) is 9.78 Å². The minimum Gasteiger partial charge on any atom is -0.476 e. The van der Waals surface area contributed by atoms with Crippen molar-refractivity contribution in [3.8, 4) is 5.69 Å². The molecule has 1 aliphatic rings. The molecule has 0 amide bonds. The van der Waals surface area contributed by atoms with Crippen LogP contribution in [0, 0.1) is 17.5 Å². The summed E-state index contributed by atoms with van der Waals surface area (Å²) in [7, 11) is 0. The van der Waals surface area contributed by atoms with Crippen molar-refractivity contribution in [2.24, 2.45) is 0 Å². The highest BCUT2D eigenvalue weighted by molar-refractivity contribution is 5.87. The van der Waals surface area contributed by atoms with Gasteiger partial charge in [-0.3, -0.25) is 0 Å². The second kappa shape index (κ2) is 4.91. The zero-order valence-corrected chi connectivity index (χ0v) is 10.9. The Morgan fingerprint density at radius 3 is 2.38 bits per heavy atom. The molecule has 0 bridgehead atoms.